The Kier molecular flexibility index (Phi) is 4.73. The van der Waals surface area contributed by atoms with Gasteiger partial charge in [0.2, 0.25) is 5.91 Å². The van der Waals surface area contributed by atoms with Crippen molar-refractivity contribution in [2.24, 2.45) is 0 Å². The van der Waals surface area contributed by atoms with Gasteiger partial charge in [-0.15, -0.1) is 0 Å². The number of carbonyl (C=O) groups is 1. The quantitative estimate of drug-likeness (QED) is 0.848. The van der Waals surface area contributed by atoms with Crippen molar-refractivity contribution in [2.45, 2.75) is 58.3 Å². The minimum absolute atomic E-state index is 0.0561. The van der Waals surface area contributed by atoms with E-state index in [1.54, 1.807) is 6.33 Å². The Bertz CT molecular complexity index is 465. The molecule has 0 aromatic carbocycles. The molecule has 110 valence electrons. The van der Waals surface area contributed by atoms with Gasteiger partial charge in [-0.25, -0.2) is 9.97 Å². The SMILES string of the molecule is CC(C)(C)c1cc(CCCN2CCCCC2=O)ncn1. The fourth-order valence-electron chi connectivity index (χ4n) is 2.49. The highest BCUT2D eigenvalue weighted by Gasteiger charge is 2.18. The topological polar surface area (TPSA) is 46.1 Å². The maximum Gasteiger partial charge on any atom is 0.222 e. The third-order valence-electron chi connectivity index (χ3n) is 3.77. The second-order valence-corrected chi connectivity index (χ2v) is 6.59. The summed E-state index contributed by atoms with van der Waals surface area (Å²) in [5.74, 6) is 0.314. The molecule has 2 heterocycles. The molecule has 4 heteroatoms. The first-order valence-corrected chi connectivity index (χ1v) is 7.56. The van der Waals surface area contributed by atoms with E-state index in [-0.39, 0.29) is 5.41 Å². The maximum absolute atomic E-state index is 11.7. The lowest BCUT2D eigenvalue weighted by Crippen LogP contribution is -2.36. The zero-order valence-corrected chi connectivity index (χ0v) is 12.9. The lowest BCUT2D eigenvalue weighted by molar-refractivity contribution is -0.133. The van der Waals surface area contributed by atoms with Crippen molar-refractivity contribution in [2.75, 3.05) is 13.1 Å². The smallest absolute Gasteiger partial charge is 0.222 e. The van der Waals surface area contributed by atoms with Crippen molar-refractivity contribution in [3.8, 4) is 0 Å². The fraction of sp³-hybridized carbons (Fsp3) is 0.688. The van der Waals surface area contributed by atoms with E-state index in [1.165, 1.54) is 0 Å². The number of piperidine rings is 1. The summed E-state index contributed by atoms with van der Waals surface area (Å²) in [4.78, 5) is 22.4. The van der Waals surface area contributed by atoms with Gasteiger partial charge in [-0.05, 0) is 31.7 Å². The molecule has 1 amide bonds. The normalized spacial score (nSPS) is 16.6. The molecule has 0 saturated carbocycles. The molecule has 1 aliphatic heterocycles. The first kappa shape index (κ1) is 14.9. The third-order valence-corrected chi connectivity index (χ3v) is 3.77. The average Bonchev–Trinajstić information content (AvgIpc) is 2.40. The van der Waals surface area contributed by atoms with Crippen LogP contribution in [0.25, 0.3) is 0 Å². The van der Waals surface area contributed by atoms with E-state index in [2.05, 4.69) is 36.8 Å². The Morgan fingerprint density at radius 3 is 2.75 bits per heavy atom. The summed E-state index contributed by atoms with van der Waals surface area (Å²) in [6.45, 7) is 8.26. The van der Waals surface area contributed by atoms with E-state index in [9.17, 15) is 4.79 Å². The summed E-state index contributed by atoms with van der Waals surface area (Å²) in [7, 11) is 0. The molecule has 20 heavy (non-hydrogen) atoms. The lowest BCUT2D eigenvalue weighted by atomic mass is 9.91. The van der Waals surface area contributed by atoms with Crippen LogP contribution in [0, 0.1) is 0 Å². The monoisotopic (exact) mass is 275 g/mol. The summed E-state index contributed by atoms with van der Waals surface area (Å²) in [6.07, 6.45) is 6.47. The van der Waals surface area contributed by atoms with E-state index in [4.69, 9.17) is 0 Å². The molecule has 0 N–H and O–H groups in total. The second-order valence-electron chi connectivity index (χ2n) is 6.59. The van der Waals surface area contributed by atoms with Crippen LogP contribution >= 0.6 is 0 Å². The van der Waals surface area contributed by atoms with Gasteiger partial charge < -0.3 is 4.90 Å². The number of rotatable bonds is 4. The largest absolute Gasteiger partial charge is 0.343 e. The maximum atomic E-state index is 11.7. The van der Waals surface area contributed by atoms with E-state index in [0.717, 1.165) is 56.6 Å². The van der Waals surface area contributed by atoms with Crippen molar-refractivity contribution in [3.63, 3.8) is 0 Å². The van der Waals surface area contributed by atoms with Crippen LogP contribution in [-0.2, 0) is 16.6 Å². The molecule has 0 unspecified atom stereocenters. The molecule has 1 aliphatic rings. The van der Waals surface area contributed by atoms with E-state index < -0.39 is 0 Å². The zero-order chi connectivity index (χ0) is 14.6. The molecule has 1 saturated heterocycles. The lowest BCUT2D eigenvalue weighted by Gasteiger charge is -2.26. The molecule has 0 bridgehead atoms. The Hall–Kier alpha value is -1.45. The first-order chi connectivity index (χ1) is 9.47. The Morgan fingerprint density at radius 2 is 2.05 bits per heavy atom. The number of hydrogen-bond acceptors (Lipinski definition) is 3. The van der Waals surface area contributed by atoms with Gasteiger partial charge in [-0.3, -0.25) is 4.79 Å². The van der Waals surface area contributed by atoms with Crippen molar-refractivity contribution in [3.05, 3.63) is 23.8 Å². The van der Waals surface area contributed by atoms with Crippen LogP contribution < -0.4 is 0 Å². The predicted molar refractivity (Wildman–Crippen MR) is 79.5 cm³/mol. The Morgan fingerprint density at radius 1 is 1.25 bits per heavy atom. The summed E-state index contributed by atoms with van der Waals surface area (Å²) in [5, 5.41) is 0. The molecule has 0 spiro atoms. The molecule has 4 nitrogen and oxygen atoms in total. The Labute approximate surface area is 121 Å². The molecule has 2 rings (SSSR count). The van der Waals surface area contributed by atoms with E-state index in [1.807, 2.05) is 4.90 Å². The first-order valence-electron chi connectivity index (χ1n) is 7.56. The molecular weight excluding hydrogens is 250 g/mol. The van der Waals surface area contributed by atoms with E-state index >= 15 is 0 Å². The highest BCUT2D eigenvalue weighted by atomic mass is 16.2. The second kappa shape index (κ2) is 6.33. The molecule has 0 aliphatic carbocycles. The number of carbonyl (C=O) groups excluding carboxylic acids is 1. The van der Waals surface area contributed by atoms with Gasteiger partial charge >= 0.3 is 0 Å². The van der Waals surface area contributed by atoms with Crippen molar-refractivity contribution < 1.29 is 4.79 Å². The number of likely N-dealkylation sites (tertiary alicyclic amines) is 1. The summed E-state index contributed by atoms with van der Waals surface area (Å²) in [5.41, 5.74) is 2.21. The van der Waals surface area contributed by atoms with Crippen LogP contribution in [0.5, 0.6) is 0 Å². The van der Waals surface area contributed by atoms with Gasteiger partial charge in [0.15, 0.2) is 0 Å². The van der Waals surface area contributed by atoms with Gasteiger partial charge in [0.05, 0.1) is 0 Å². The average molecular weight is 275 g/mol. The number of aromatic nitrogens is 2. The zero-order valence-electron chi connectivity index (χ0n) is 12.9. The predicted octanol–water partition coefficient (Wildman–Crippen LogP) is 2.72. The van der Waals surface area contributed by atoms with Gasteiger partial charge in [-0.1, -0.05) is 20.8 Å². The van der Waals surface area contributed by atoms with E-state index in [0.29, 0.717) is 5.91 Å². The summed E-state index contributed by atoms with van der Waals surface area (Å²) >= 11 is 0. The molecule has 1 aromatic rings. The highest BCUT2D eigenvalue weighted by molar-refractivity contribution is 5.76. The van der Waals surface area contributed by atoms with Crippen LogP contribution in [0.1, 0.15) is 57.8 Å². The number of amides is 1. The van der Waals surface area contributed by atoms with Crippen LogP contribution in [-0.4, -0.2) is 33.9 Å². The summed E-state index contributed by atoms with van der Waals surface area (Å²) < 4.78 is 0. The molecule has 1 aromatic heterocycles. The number of hydrogen-bond donors (Lipinski definition) is 0. The molecular formula is C16H25N3O. The third kappa shape index (κ3) is 4.02. The van der Waals surface area contributed by atoms with Crippen LogP contribution in [0.3, 0.4) is 0 Å². The Balaban J connectivity index is 1.86. The van der Waals surface area contributed by atoms with Crippen LogP contribution in [0.2, 0.25) is 0 Å². The molecule has 1 fully saturated rings. The molecule has 0 radical (unpaired) electrons. The summed E-state index contributed by atoms with van der Waals surface area (Å²) in [6, 6.07) is 2.10. The fourth-order valence-corrected chi connectivity index (χ4v) is 2.49. The van der Waals surface area contributed by atoms with Crippen molar-refractivity contribution in [1.82, 2.24) is 14.9 Å². The van der Waals surface area contributed by atoms with Crippen LogP contribution in [0.15, 0.2) is 12.4 Å². The molecule has 0 atom stereocenters. The standard InChI is InChI=1S/C16H25N3O/c1-16(2,3)14-11-13(17-12-18-14)7-6-10-19-9-5-4-8-15(19)20/h11-12H,4-10H2,1-3H3. The van der Waals surface area contributed by atoms with Gasteiger partial charge in [0, 0.05) is 36.3 Å². The minimum atomic E-state index is 0.0561. The van der Waals surface area contributed by atoms with Gasteiger partial charge in [0.1, 0.15) is 6.33 Å². The van der Waals surface area contributed by atoms with Crippen LogP contribution in [0.4, 0.5) is 0 Å². The van der Waals surface area contributed by atoms with Crippen molar-refractivity contribution in [1.29, 1.82) is 0 Å². The van der Waals surface area contributed by atoms with Crippen molar-refractivity contribution >= 4 is 5.91 Å². The number of aryl methyl sites for hydroxylation is 1. The van der Waals surface area contributed by atoms with Gasteiger partial charge in [0.25, 0.3) is 0 Å². The highest BCUT2D eigenvalue weighted by Crippen LogP contribution is 2.20. The van der Waals surface area contributed by atoms with Gasteiger partial charge in [-0.2, -0.15) is 0 Å². The minimum Gasteiger partial charge on any atom is -0.343 e. The number of nitrogens with zero attached hydrogens (tertiary/aromatic N) is 3.